The topological polar surface area (TPSA) is 67.9 Å². The van der Waals surface area contributed by atoms with Crippen molar-refractivity contribution in [2.75, 3.05) is 4.90 Å². The van der Waals surface area contributed by atoms with Gasteiger partial charge in [-0.15, -0.1) is 0 Å². The summed E-state index contributed by atoms with van der Waals surface area (Å²) < 4.78 is 12.2. The maximum Gasteiger partial charge on any atom is 0.270 e. The predicted octanol–water partition coefficient (Wildman–Crippen LogP) is 6.33. The van der Waals surface area contributed by atoms with Gasteiger partial charge in [0, 0.05) is 5.02 Å². The van der Waals surface area contributed by atoms with Gasteiger partial charge in [0.15, 0.2) is 16.6 Å². The lowest BCUT2D eigenvalue weighted by Crippen LogP contribution is -2.54. The third-order valence-corrected chi connectivity index (χ3v) is 6.48. The molecule has 4 aromatic rings. The van der Waals surface area contributed by atoms with Crippen LogP contribution in [0.2, 0.25) is 5.02 Å². The molecule has 6 nitrogen and oxygen atoms in total. The summed E-state index contributed by atoms with van der Waals surface area (Å²) in [5, 5.41) is 3.12. The second-order valence-electron chi connectivity index (χ2n) is 8.69. The molecule has 8 heteroatoms. The molecule has 1 aliphatic rings. The molecule has 39 heavy (non-hydrogen) atoms. The number of halogens is 1. The van der Waals surface area contributed by atoms with Gasteiger partial charge in [0.05, 0.1) is 5.69 Å². The molecule has 0 saturated carbocycles. The summed E-state index contributed by atoms with van der Waals surface area (Å²) in [6.07, 6.45) is 1.51. The van der Waals surface area contributed by atoms with Crippen LogP contribution in [0, 0.1) is 0 Å². The number of carbonyl (C=O) groups excluding carboxylic acids is 2. The lowest BCUT2D eigenvalue weighted by Gasteiger charge is -2.29. The Morgan fingerprint density at radius 2 is 1.36 bits per heavy atom. The van der Waals surface area contributed by atoms with Crippen LogP contribution in [0.4, 0.5) is 5.69 Å². The van der Waals surface area contributed by atoms with Crippen molar-refractivity contribution in [3.8, 4) is 11.5 Å². The molecule has 0 radical (unpaired) electrons. The van der Waals surface area contributed by atoms with Gasteiger partial charge in [0.2, 0.25) is 0 Å². The molecule has 0 aliphatic carbocycles. The Morgan fingerprint density at radius 3 is 1.97 bits per heavy atom. The van der Waals surface area contributed by atoms with E-state index in [2.05, 4.69) is 5.32 Å². The minimum Gasteiger partial charge on any atom is -0.485 e. The molecule has 194 valence electrons. The van der Waals surface area contributed by atoms with E-state index in [4.69, 9.17) is 33.3 Å². The number of amides is 2. The lowest BCUT2D eigenvalue weighted by atomic mass is 10.1. The van der Waals surface area contributed by atoms with E-state index in [-0.39, 0.29) is 10.7 Å². The number of rotatable bonds is 8. The molecule has 0 atom stereocenters. The molecule has 0 unspecified atom stereocenters. The smallest absolute Gasteiger partial charge is 0.270 e. The molecular weight excluding hydrogens is 532 g/mol. The average Bonchev–Trinajstić information content (AvgIpc) is 2.95. The Hall–Kier alpha value is -4.46. The zero-order chi connectivity index (χ0) is 27.2. The first-order valence-electron chi connectivity index (χ1n) is 12.1. The first kappa shape index (κ1) is 26.2. The van der Waals surface area contributed by atoms with Crippen LogP contribution >= 0.6 is 23.8 Å². The van der Waals surface area contributed by atoms with E-state index >= 15 is 0 Å². The fourth-order valence-electron chi connectivity index (χ4n) is 3.97. The molecule has 1 aliphatic heterocycles. The second-order valence-corrected chi connectivity index (χ2v) is 9.51. The third-order valence-electron chi connectivity index (χ3n) is 5.94. The summed E-state index contributed by atoms with van der Waals surface area (Å²) in [7, 11) is 0. The van der Waals surface area contributed by atoms with Crippen LogP contribution in [0.1, 0.15) is 16.7 Å². The molecule has 5 rings (SSSR count). The van der Waals surface area contributed by atoms with Crippen molar-refractivity contribution in [2.24, 2.45) is 0 Å². The Morgan fingerprint density at radius 1 is 0.769 bits per heavy atom. The van der Waals surface area contributed by atoms with Gasteiger partial charge in [-0.05, 0) is 71.4 Å². The molecular formula is C31H23ClN2O4S. The van der Waals surface area contributed by atoms with Gasteiger partial charge in [0.25, 0.3) is 11.8 Å². The Kier molecular flexibility index (Phi) is 8.01. The number of ether oxygens (including phenoxy) is 2. The van der Waals surface area contributed by atoms with Gasteiger partial charge in [0.1, 0.15) is 18.8 Å². The summed E-state index contributed by atoms with van der Waals surface area (Å²) in [6.45, 7) is 0.679. The second kappa shape index (κ2) is 11.9. The van der Waals surface area contributed by atoms with Gasteiger partial charge in [-0.25, -0.2) is 0 Å². The highest BCUT2D eigenvalue weighted by Gasteiger charge is 2.34. The average molecular weight is 555 g/mol. The van der Waals surface area contributed by atoms with E-state index in [1.54, 1.807) is 42.5 Å². The highest BCUT2D eigenvalue weighted by atomic mass is 35.5. The van der Waals surface area contributed by atoms with Crippen molar-refractivity contribution in [1.82, 2.24) is 5.32 Å². The number of anilines is 1. The summed E-state index contributed by atoms with van der Waals surface area (Å²) >= 11 is 11.3. The summed E-state index contributed by atoms with van der Waals surface area (Å²) in [5.41, 5.74) is 3.03. The molecule has 0 spiro atoms. The fraction of sp³-hybridized carbons (Fsp3) is 0.0645. The van der Waals surface area contributed by atoms with Crippen molar-refractivity contribution in [1.29, 1.82) is 0 Å². The SMILES string of the molecule is O=C1NC(=S)N(c2ccc(Cl)cc2)C(=O)/C1=C\c1ccc(OCc2ccccc2)c(OCc2ccccc2)c1. The Labute approximate surface area is 236 Å². The van der Waals surface area contributed by atoms with Crippen LogP contribution < -0.4 is 19.7 Å². The predicted molar refractivity (Wildman–Crippen MR) is 156 cm³/mol. The number of nitrogens with zero attached hydrogens (tertiary/aromatic N) is 1. The van der Waals surface area contributed by atoms with E-state index in [0.29, 0.717) is 41.0 Å². The van der Waals surface area contributed by atoms with Crippen molar-refractivity contribution in [3.05, 3.63) is 130 Å². The molecule has 2 amide bonds. The summed E-state index contributed by atoms with van der Waals surface area (Å²) in [5.74, 6) is -0.0909. The number of carbonyl (C=O) groups is 2. The number of thiocarbonyl (C=S) groups is 1. The largest absolute Gasteiger partial charge is 0.485 e. The summed E-state index contributed by atoms with van der Waals surface area (Å²) in [4.78, 5) is 27.4. The zero-order valence-corrected chi connectivity index (χ0v) is 22.2. The Balaban J connectivity index is 1.44. The van der Waals surface area contributed by atoms with Crippen LogP contribution in [-0.4, -0.2) is 16.9 Å². The van der Waals surface area contributed by atoms with E-state index in [1.165, 1.54) is 11.0 Å². The molecule has 1 heterocycles. The first-order valence-corrected chi connectivity index (χ1v) is 12.9. The van der Waals surface area contributed by atoms with Crippen molar-refractivity contribution < 1.29 is 19.1 Å². The number of nitrogens with one attached hydrogen (secondary N) is 1. The maximum absolute atomic E-state index is 13.4. The van der Waals surface area contributed by atoms with E-state index in [9.17, 15) is 9.59 Å². The molecule has 1 fully saturated rings. The van der Waals surface area contributed by atoms with Gasteiger partial charge in [-0.3, -0.25) is 19.8 Å². The molecule has 0 bridgehead atoms. The van der Waals surface area contributed by atoms with Crippen molar-refractivity contribution in [3.63, 3.8) is 0 Å². The van der Waals surface area contributed by atoms with Crippen LogP contribution in [-0.2, 0) is 22.8 Å². The van der Waals surface area contributed by atoms with Crippen LogP contribution in [0.25, 0.3) is 6.08 Å². The Bertz CT molecular complexity index is 1540. The standard InChI is InChI=1S/C31H23ClN2O4S/c32-24-12-14-25(15-13-24)34-30(36)26(29(35)33-31(34)39)17-23-11-16-27(37-19-21-7-3-1-4-8-21)28(18-23)38-20-22-9-5-2-6-10-22/h1-18H,19-20H2,(H,33,35,39)/b26-17-. The van der Waals surface area contributed by atoms with E-state index < -0.39 is 11.8 Å². The summed E-state index contributed by atoms with van der Waals surface area (Å²) in [6, 6.07) is 31.5. The quantitative estimate of drug-likeness (QED) is 0.157. The third kappa shape index (κ3) is 6.34. The molecule has 4 aromatic carbocycles. The normalized spacial score (nSPS) is 14.3. The fourth-order valence-corrected chi connectivity index (χ4v) is 4.37. The highest BCUT2D eigenvalue weighted by Crippen LogP contribution is 2.32. The van der Waals surface area contributed by atoms with Crippen LogP contribution in [0.5, 0.6) is 11.5 Å². The number of benzene rings is 4. The first-order chi connectivity index (χ1) is 19.0. The van der Waals surface area contributed by atoms with Crippen LogP contribution in [0.15, 0.2) is 109 Å². The number of hydrogen-bond acceptors (Lipinski definition) is 5. The van der Waals surface area contributed by atoms with E-state index in [1.807, 2.05) is 60.7 Å². The number of hydrogen-bond donors (Lipinski definition) is 1. The zero-order valence-electron chi connectivity index (χ0n) is 20.7. The molecule has 1 saturated heterocycles. The molecule has 1 N–H and O–H groups in total. The van der Waals surface area contributed by atoms with Crippen molar-refractivity contribution >= 4 is 52.5 Å². The van der Waals surface area contributed by atoms with E-state index in [0.717, 1.165) is 11.1 Å². The lowest BCUT2D eigenvalue weighted by molar-refractivity contribution is -0.122. The maximum atomic E-state index is 13.4. The van der Waals surface area contributed by atoms with Crippen molar-refractivity contribution in [2.45, 2.75) is 13.2 Å². The monoisotopic (exact) mass is 554 g/mol. The minimum absolute atomic E-state index is 0.000941. The van der Waals surface area contributed by atoms with Gasteiger partial charge in [-0.2, -0.15) is 0 Å². The minimum atomic E-state index is -0.577. The van der Waals surface area contributed by atoms with Crippen LogP contribution in [0.3, 0.4) is 0 Å². The van der Waals surface area contributed by atoms with Gasteiger partial charge >= 0.3 is 0 Å². The molecule has 0 aromatic heterocycles. The van der Waals surface area contributed by atoms with Gasteiger partial charge in [-0.1, -0.05) is 78.3 Å². The highest BCUT2D eigenvalue weighted by molar-refractivity contribution is 7.80. The van der Waals surface area contributed by atoms with Gasteiger partial charge < -0.3 is 9.47 Å².